The minimum absolute atomic E-state index is 0.323. The lowest BCUT2D eigenvalue weighted by atomic mass is 9.72. The van der Waals surface area contributed by atoms with Gasteiger partial charge in [-0.15, -0.1) is 0 Å². The van der Waals surface area contributed by atoms with E-state index < -0.39 is 0 Å². The van der Waals surface area contributed by atoms with Crippen LogP contribution in [0.3, 0.4) is 0 Å². The van der Waals surface area contributed by atoms with E-state index in [1.54, 1.807) is 11.1 Å². The van der Waals surface area contributed by atoms with Gasteiger partial charge in [0.25, 0.3) is 0 Å². The van der Waals surface area contributed by atoms with Crippen LogP contribution < -0.4 is 0 Å². The van der Waals surface area contributed by atoms with Crippen LogP contribution in [0.2, 0.25) is 0 Å². The molecule has 19 heavy (non-hydrogen) atoms. The molecule has 0 aromatic heterocycles. The average Bonchev–Trinajstić information content (AvgIpc) is 2.63. The smallest absolute Gasteiger partial charge is 0.0215 e. The van der Waals surface area contributed by atoms with Crippen molar-refractivity contribution in [3.8, 4) is 11.1 Å². The van der Waals surface area contributed by atoms with Gasteiger partial charge in [-0.3, -0.25) is 0 Å². The highest BCUT2D eigenvalue weighted by molar-refractivity contribution is 5.80. The van der Waals surface area contributed by atoms with Crippen molar-refractivity contribution in [1.82, 2.24) is 0 Å². The van der Waals surface area contributed by atoms with E-state index in [4.69, 9.17) is 0 Å². The summed E-state index contributed by atoms with van der Waals surface area (Å²) >= 11 is 0. The summed E-state index contributed by atoms with van der Waals surface area (Å²) in [5.74, 6) is 0. The third-order valence-corrected chi connectivity index (χ3v) is 5.13. The average molecular weight is 248 g/mol. The van der Waals surface area contributed by atoms with Gasteiger partial charge in [0.15, 0.2) is 0 Å². The largest absolute Gasteiger partial charge is 0.0619 e. The van der Waals surface area contributed by atoms with Gasteiger partial charge in [-0.2, -0.15) is 0 Å². The Labute approximate surface area is 115 Å². The first-order valence-electron chi connectivity index (χ1n) is 7.61. The molecular formula is C19H20. The molecule has 2 aliphatic carbocycles. The van der Waals surface area contributed by atoms with Crippen LogP contribution in [-0.2, 0) is 5.41 Å². The van der Waals surface area contributed by atoms with E-state index in [0.717, 1.165) is 0 Å². The summed E-state index contributed by atoms with van der Waals surface area (Å²) < 4.78 is 0. The fourth-order valence-corrected chi connectivity index (χ4v) is 4.29. The molecule has 0 N–H and O–H groups in total. The first-order chi connectivity index (χ1) is 9.42. The molecular weight excluding hydrogens is 228 g/mol. The molecule has 2 aromatic rings. The minimum Gasteiger partial charge on any atom is -0.0619 e. The maximum atomic E-state index is 2.38. The molecule has 0 unspecified atom stereocenters. The molecule has 0 radical (unpaired) electrons. The Kier molecular flexibility index (Phi) is 2.51. The van der Waals surface area contributed by atoms with Crippen molar-refractivity contribution in [1.29, 1.82) is 0 Å². The lowest BCUT2D eigenvalue weighted by molar-refractivity contribution is 0.456. The summed E-state index contributed by atoms with van der Waals surface area (Å²) in [6.45, 7) is 0. The molecule has 96 valence electrons. The summed E-state index contributed by atoms with van der Waals surface area (Å²) in [7, 11) is 0. The topological polar surface area (TPSA) is 0 Å². The monoisotopic (exact) mass is 248 g/mol. The van der Waals surface area contributed by atoms with E-state index in [1.807, 2.05) is 0 Å². The lowest BCUT2D eigenvalue weighted by Crippen LogP contribution is -2.24. The molecule has 0 heterocycles. The zero-order valence-electron chi connectivity index (χ0n) is 11.4. The second-order valence-corrected chi connectivity index (χ2v) is 6.09. The second-order valence-electron chi connectivity index (χ2n) is 6.09. The second kappa shape index (κ2) is 4.23. The van der Waals surface area contributed by atoms with Crippen molar-refractivity contribution < 1.29 is 0 Å². The maximum Gasteiger partial charge on any atom is 0.0215 e. The molecule has 2 aromatic carbocycles. The van der Waals surface area contributed by atoms with Crippen LogP contribution in [0.5, 0.6) is 0 Å². The van der Waals surface area contributed by atoms with Crippen molar-refractivity contribution in [2.45, 2.75) is 43.9 Å². The Morgan fingerprint density at radius 1 is 0.579 bits per heavy atom. The van der Waals surface area contributed by atoms with E-state index in [2.05, 4.69) is 48.5 Å². The Balaban J connectivity index is 1.99. The molecule has 0 bridgehead atoms. The normalized spacial score (nSPS) is 19.8. The predicted molar refractivity (Wildman–Crippen MR) is 80.4 cm³/mol. The van der Waals surface area contributed by atoms with Crippen molar-refractivity contribution in [3.63, 3.8) is 0 Å². The summed E-state index contributed by atoms with van der Waals surface area (Å²) in [6.07, 6.45) is 8.24. The van der Waals surface area contributed by atoms with Gasteiger partial charge in [0.2, 0.25) is 0 Å². The summed E-state index contributed by atoms with van der Waals surface area (Å²) in [5, 5.41) is 0. The van der Waals surface area contributed by atoms with Crippen molar-refractivity contribution >= 4 is 0 Å². The van der Waals surface area contributed by atoms with Gasteiger partial charge >= 0.3 is 0 Å². The van der Waals surface area contributed by atoms with Crippen LogP contribution in [-0.4, -0.2) is 0 Å². The van der Waals surface area contributed by atoms with Crippen LogP contribution in [0.1, 0.15) is 49.7 Å². The predicted octanol–water partition coefficient (Wildman–Crippen LogP) is 5.31. The van der Waals surface area contributed by atoms with Gasteiger partial charge in [0.05, 0.1) is 0 Å². The molecule has 1 spiro atoms. The molecule has 0 amide bonds. The fourth-order valence-electron chi connectivity index (χ4n) is 4.29. The minimum atomic E-state index is 0.323. The Bertz CT molecular complexity index is 553. The maximum absolute atomic E-state index is 2.38. The van der Waals surface area contributed by atoms with E-state index in [9.17, 15) is 0 Å². The highest BCUT2D eigenvalue weighted by Gasteiger charge is 2.42. The van der Waals surface area contributed by atoms with Gasteiger partial charge in [0, 0.05) is 5.41 Å². The van der Waals surface area contributed by atoms with Crippen LogP contribution in [0.4, 0.5) is 0 Å². The molecule has 0 saturated heterocycles. The summed E-state index contributed by atoms with van der Waals surface area (Å²) in [4.78, 5) is 0. The van der Waals surface area contributed by atoms with Gasteiger partial charge in [0.1, 0.15) is 0 Å². The SMILES string of the molecule is c1ccc2c(c1)-c1ccccc1C21CCCCCC1. The van der Waals surface area contributed by atoms with Crippen LogP contribution in [0, 0.1) is 0 Å². The summed E-state index contributed by atoms with van der Waals surface area (Å²) in [5.41, 5.74) is 6.49. The van der Waals surface area contributed by atoms with Crippen LogP contribution >= 0.6 is 0 Å². The number of hydrogen-bond donors (Lipinski definition) is 0. The number of benzene rings is 2. The quantitative estimate of drug-likeness (QED) is 0.593. The van der Waals surface area contributed by atoms with Gasteiger partial charge < -0.3 is 0 Å². The Morgan fingerprint density at radius 3 is 1.58 bits per heavy atom. The first-order valence-corrected chi connectivity index (χ1v) is 7.61. The van der Waals surface area contributed by atoms with Crippen molar-refractivity contribution in [3.05, 3.63) is 59.7 Å². The highest BCUT2D eigenvalue weighted by Crippen LogP contribution is 2.54. The number of hydrogen-bond acceptors (Lipinski definition) is 0. The first kappa shape index (κ1) is 11.3. The van der Waals surface area contributed by atoms with Crippen molar-refractivity contribution in [2.75, 3.05) is 0 Å². The van der Waals surface area contributed by atoms with E-state index in [0.29, 0.717) is 5.41 Å². The Morgan fingerprint density at radius 2 is 1.05 bits per heavy atom. The molecule has 2 aliphatic rings. The van der Waals surface area contributed by atoms with E-state index in [-0.39, 0.29) is 0 Å². The number of fused-ring (bicyclic) bond motifs is 5. The molecule has 0 atom stereocenters. The summed E-state index contributed by atoms with van der Waals surface area (Å²) in [6, 6.07) is 18.2. The van der Waals surface area contributed by atoms with Gasteiger partial charge in [-0.25, -0.2) is 0 Å². The standard InChI is InChI=1S/C19H20/c1-2-8-14-19(13-7-1)17-11-5-3-9-15(17)16-10-4-6-12-18(16)19/h3-6,9-12H,1-2,7-8,13-14H2. The van der Waals surface area contributed by atoms with Gasteiger partial charge in [-0.05, 0) is 35.1 Å². The molecule has 1 fully saturated rings. The van der Waals surface area contributed by atoms with Crippen molar-refractivity contribution in [2.24, 2.45) is 0 Å². The molecule has 0 aliphatic heterocycles. The van der Waals surface area contributed by atoms with Gasteiger partial charge in [-0.1, -0.05) is 74.2 Å². The molecule has 1 saturated carbocycles. The lowest BCUT2D eigenvalue weighted by Gasteiger charge is -2.30. The van der Waals surface area contributed by atoms with E-state index >= 15 is 0 Å². The van der Waals surface area contributed by atoms with Crippen LogP contribution in [0.15, 0.2) is 48.5 Å². The zero-order valence-corrected chi connectivity index (χ0v) is 11.4. The fraction of sp³-hybridized carbons (Fsp3) is 0.368. The third-order valence-electron chi connectivity index (χ3n) is 5.13. The number of rotatable bonds is 0. The van der Waals surface area contributed by atoms with E-state index in [1.165, 1.54) is 49.7 Å². The van der Waals surface area contributed by atoms with Crippen LogP contribution in [0.25, 0.3) is 11.1 Å². The molecule has 0 nitrogen and oxygen atoms in total. The highest BCUT2D eigenvalue weighted by atomic mass is 14.4. The molecule has 4 rings (SSSR count). The third kappa shape index (κ3) is 1.52. The molecule has 0 heteroatoms. The zero-order chi connectivity index (χ0) is 12.7. The Hall–Kier alpha value is -1.56.